The van der Waals surface area contributed by atoms with Crippen LogP contribution in [0.2, 0.25) is 0 Å². The van der Waals surface area contributed by atoms with Crippen LogP contribution in [0, 0.1) is 0 Å². The highest BCUT2D eigenvalue weighted by atomic mass is 32.2. The Morgan fingerprint density at radius 3 is 2.41 bits per heavy atom. The monoisotopic (exact) mass is 321 g/mol. The number of benzene rings is 1. The quantitative estimate of drug-likeness (QED) is 0.287. The molecule has 0 bridgehead atoms. The van der Waals surface area contributed by atoms with Crippen molar-refractivity contribution in [2.24, 2.45) is 0 Å². The number of aliphatic hydroxyl groups excluding tert-OH is 1. The van der Waals surface area contributed by atoms with Crippen LogP contribution in [0.1, 0.15) is 6.92 Å². The number of carbonyl (C=O) groups excluding carboxylic acids is 2. The number of aliphatic hydroxyl groups is 1. The van der Waals surface area contributed by atoms with Gasteiger partial charge < -0.3 is 14.7 Å². The highest BCUT2D eigenvalue weighted by molar-refractivity contribution is 8.04. The lowest BCUT2D eigenvalue weighted by Crippen LogP contribution is -2.23. The first-order valence-electron chi connectivity index (χ1n) is 6.68. The largest absolute Gasteiger partial charge is 0.503 e. The van der Waals surface area contributed by atoms with E-state index in [1.807, 2.05) is 30.3 Å². The van der Waals surface area contributed by atoms with Crippen LogP contribution in [-0.4, -0.2) is 42.6 Å². The number of nitrogens with zero attached hydrogens (tertiary/aromatic N) is 1. The molecule has 0 aromatic heterocycles. The fourth-order valence-corrected chi connectivity index (χ4v) is 2.24. The van der Waals surface area contributed by atoms with Gasteiger partial charge in [0.15, 0.2) is 5.76 Å². The Labute approximate surface area is 134 Å². The van der Waals surface area contributed by atoms with Gasteiger partial charge in [0.1, 0.15) is 0 Å². The zero-order chi connectivity index (χ0) is 16.5. The number of thioether (sulfide) groups is 1. The van der Waals surface area contributed by atoms with Crippen molar-refractivity contribution in [2.75, 3.05) is 20.7 Å². The summed E-state index contributed by atoms with van der Waals surface area (Å²) < 4.78 is 4.98. The van der Waals surface area contributed by atoms with Gasteiger partial charge in [-0.05, 0) is 31.2 Å². The SMILES string of the molecule is CCOC(=O)C(=CC=C(O)C(=O)N(C)C)Sc1ccccc1. The lowest BCUT2D eigenvalue weighted by atomic mass is 10.3. The van der Waals surface area contributed by atoms with E-state index < -0.39 is 17.6 Å². The van der Waals surface area contributed by atoms with Gasteiger partial charge in [-0.15, -0.1) is 0 Å². The number of amides is 1. The third-order valence-electron chi connectivity index (χ3n) is 2.47. The molecule has 118 valence electrons. The third-order valence-corrected chi connectivity index (χ3v) is 3.50. The summed E-state index contributed by atoms with van der Waals surface area (Å²) in [6.07, 6.45) is 2.58. The van der Waals surface area contributed by atoms with Crippen molar-refractivity contribution >= 4 is 23.6 Å². The summed E-state index contributed by atoms with van der Waals surface area (Å²) in [6, 6.07) is 9.29. The number of ether oxygens (including phenoxy) is 1. The van der Waals surface area contributed by atoms with E-state index in [2.05, 4.69) is 0 Å². The molecule has 0 saturated carbocycles. The molecule has 5 nitrogen and oxygen atoms in total. The van der Waals surface area contributed by atoms with E-state index in [9.17, 15) is 14.7 Å². The first-order chi connectivity index (χ1) is 10.5. The molecule has 1 rings (SSSR count). The Bertz CT molecular complexity index is 579. The lowest BCUT2D eigenvalue weighted by molar-refractivity contribution is -0.137. The molecule has 1 N–H and O–H groups in total. The first kappa shape index (κ1) is 17.8. The van der Waals surface area contributed by atoms with Crippen molar-refractivity contribution in [3.63, 3.8) is 0 Å². The molecule has 0 saturated heterocycles. The fourth-order valence-electron chi connectivity index (χ4n) is 1.42. The van der Waals surface area contributed by atoms with E-state index in [1.54, 1.807) is 6.92 Å². The van der Waals surface area contributed by atoms with Crippen molar-refractivity contribution in [1.82, 2.24) is 4.90 Å². The first-order valence-corrected chi connectivity index (χ1v) is 7.50. The number of esters is 1. The van der Waals surface area contributed by atoms with Crippen LogP contribution in [0.3, 0.4) is 0 Å². The molecular formula is C16H19NO4S. The van der Waals surface area contributed by atoms with E-state index in [4.69, 9.17) is 4.74 Å². The Morgan fingerprint density at radius 1 is 1.23 bits per heavy atom. The predicted molar refractivity (Wildman–Crippen MR) is 86.4 cm³/mol. The molecule has 0 atom stereocenters. The molecule has 0 aliphatic carbocycles. The van der Waals surface area contributed by atoms with Crippen LogP contribution in [-0.2, 0) is 14.3 Å². The number of hydrogen-bond donors (Lipinski definition) is 1. The maximum atomic E-state index is 11.9. The van der Waals surface area contributed by atoms with Gasteiger partial charge in [-0.25, -0.2) is 4.79 Å². The molecule has 0 radical (unpaired) electrons. The highest BCUT2D eigenvalue weighted by Crippen LogP contribution is 2.27. The summed E-state index contributed by atoms with van der Waals surface area (Å²) in [6.45, 7) is 1.96. The molecular weight excluding hydrogens is 302 g/mol. The molecule has 22 heavy (non-hydrogen) atoms. The van der Waals surface area contributed by atoms with Gasteiger partial charge in [0.25, 0.3) is 5.91 Å². The van der Waals surface area contributed by atoms with Crippen LogP contribution in [0.25, 0.3) is 0 Å². The average Bonchev–Trinajstić information content (AvgIpc) is 2.51. The van der Waals surface area contributed by atoms with E-state index in [0.29, 0.717) is 0 Å². The van der Waals surface area contributed by atoms with Crippen LogP contribution in [0.4, 0.5) is 0 Å². The molecule has 0 aliphatic heterocycles. The predicted octanol–water partition coefficient (Wildman–Crippen LogP) is 2.76. The van der Waals surface area contributed by atoms with Gasteiger partial charge in [0, 0.05) is 19.0 Å². The smallest absolute Gasteiger partial charge is 0.344 e. The fraction of sp³-hybridized carbons (Fsp3) is 0.250. The molecule has 6 heteroatoms. The Kier molecular flexibility index (Phi) is 7.25. The van der Waals surface area contributed by atoms with Crippen molar-refractivity contribution in [1.29, 1.82) is 0 Å². The number of hydrogen-bond acceptors (Lipinski definition) is 5. The Morgan fingerprint density at radius 2 is 1.86 bits per heavy atom. The van der Waals surface area contributed by atoms with Gasteiger partial charge in [-0.3, -0.25) is 4.79 Å². The number of rotatable bonds is 6. The van der Waals surface area contributed by atoms with Gasteiger partial charge in [0.2, 0.25) is 0 Å². The van der Waals surface area contributed by atoms with Crippen molar-refractivity contribution < 1.29 is 19.4 Å². The van der Waals surface area contributed by atoms with Crippen LogP contribution >= 0.6 is 11.8 Å². The molecule has 1 aromatic rings. The topological polar surface area (TPSA) is 66.8 Å². The molecule has 1 amide bonds. The maximum Gasteiger partial charge on any atom is 0.344 e. The van der Waals surface area contributed by atoms with Gasteiger partial charge in [0.05, 0.1) is 11.5 Å². The Balaban J connectivity index is 2.99. The maximum absolute atomic E-state index is 11.9. The van der Waals surface area contributed by atoms with E-state index in [0.717, 1.165) is 4.90 Å². The number of carbonyl (C=O) groups is 2. The highest BCUT2D eigenvalue weighted by Gasteiger charge is 2.13. The second-order valence-corrected chi connectivity index (χ2v) is 5.53. The molecule has 0 fully saturated rings. The van der Waals surface area contributed by atoms with Crippen LogP contribution in [0.5, 0.6) is 0 Å². The number of allylic oxidation sites excluding steroid dienone is 2. The minimum atomic E-state index is -0.538. The summed E-state index contributed by atoms with van der Waals surface area (Å²) in [7, 11) is 3.06. The zero-order valence-corrected chi connectivity index (χ0v) is 13.6. The lowest BCUT2D eigenvalue weighted by Gasteiger charge is -2.09. The van der Waals surface area contributed by atoms with E-state index >= 15 is 0 Å². The van der Waals surface area contributed by atoms with Gasteiger partial charge in [-0.1, -0.05) is 30.0 Å². The van der Waals surface area contributed by atoms with E-state index in [-0.39, 0.29) is 11.5 Å². The van der Waals surface area contributed by atoms with Gasteiger partial charge >= 0.3 is 5.97 Å². The summed E-state index contributed by atoms with van der Waals surface area (Å²) in [5.41, 5.74) is 0. The summed E-state index contributed by atoms with van der Waals surface area (Å²) in [5, 5.41) is 9.68. The van der Waals surface area contributed by atoms with Crippen molar-refractivity contribution in [3.8, 4) is 0 Å². The molecule has 0 heterocycles. The normalized spacial score (nSPS) is 12.0. The molecule has 0 spiro atoms. The van der Waals surface area contributed by atoms with Crippen molar-refractivity contribution in [2.45, 2.75) is 11.8 Å². The standard InChI is InChI=1S/C16H19NO4S/c1-4-21-16(20)14(22-12-8-6-5-7-9-12)11-10-13(18)15(19)17(2)3/h5-11,18H,4H2,1-3H3. The summed E-state index contributed by atoms with van der Waals surface area (Å²) >= 11 is 1.20. The minimum Gasteiger partial charge on any atom is -0.503 e. The molecule has 0 unspecified atom stereocenters. The summed E-state index contributed by atoms with van der Waals surface area (Å²) in [5.74, 6) is -1.48. The average molecular weight is 321 g/mol. The number of likely N-dealkylation sites (N-methyl/N-ethyl adjacent to an activating group) is 1. The van der Waals surface area contributed by atoms with Gasteiger partial charge in [-0.2, -0.15) is 0 Å². The Hall–Kier alpha value is -2.21. The second kappa shape index (κ2) is 8.94. The van der Waals surface area contributed by atoms with Crippen LogP contribution < -0.4 is 0 Å². The third kappa shape index (κ3) is 5.65. The van der Waals surface area contributed by atoms with Crippen molar-refractivity contribution in [3.05, 3.63) is 53.1 Å². The molecule has 1 aromatic carbocycles. The van der Waals surface area contributed by atoms with E-state index in [1.165, 1.54) is 42.9 Å². The second-order valence-electron chi connectivity index (χ2n) is 4.42. The minimum absolute atomic E-state index is 0.248. The van der Waals surface area contributed by atoms with Crippen LogP contribution in [0.15, 0.2) is 58.0 Å². The zero-order valence-electron chi connectivity index (χ0n) is 12.8. The molecule has 0 aliphatic rings. The summed E-state index contributed by atoms with van der Waals surface area (Å²) in [4.78, 5) is 25.9.